The van der Waals surface area contributed by atoms with Crippen molar-refractivity contribution >= 4 is 17.1 Å². The van der Waals surface area contributed by atoms with Crippen LogP contribution in [0.3, 0.4) is 0 Å². The van der Waals surface area contributed by atoms with Crippen LogP contribution in [0.1, 0.15) is 25.6 Å². The lowest BCUT2D eigenvalue weighted by Gasteiger charge is -2.27. The zero-order valence-corrected chi connectivity index (χ0v) is 12.4. The Hall–Kier alpha value is -2.48. The molecule has 1 aliphatic rings. The summed E-state index contributed by atoms with van der Waals surface area (Å²) in [6.07, 6.45) is -0.365. The van der Waals surface area contributed by atoms with Crippen molar-refractivity contribution < 1.29 is 27.8 Å². The number of carbonyl (C=O) groups excluding carboxylic acids is 1. The number of rotatable bonds is 2. The molecule has 1 unspecified atom stereocenters. The summed E-state index contributed by atoms with van der Waals surface area (Å²) < 4.78 is 43.9. The van der Waals surface area contributed by atoms with Crippen LogP contribution in [0.2, 0.25) is 0 Å². The van der Waals surface area contributed by atoms with Gasteiger partial charge in [0.15, 0.2) is 17.4 Å². The summed E-state index contributed by atoms with van der Waals surface area (Å²) in [5, 5.41) is -0.0872. The quantitative estimate of drug-likeness (QED) is 0.794. The number of halogens is 2. The summed E-state index contributed by atoms with van der Waals surface area (Å²) in [6.45, 7) is 3.17. The molecule has 23 heavy (non-hydrogen) atoms. The maximum Gasteiger partial charge on any atom is 0.514 e. The largest absolute Gasteiger partial charge is 0.514 e. The topological polar surface area (TPSA) is 66.8 Å². The minimum Gasteiger partial charge on any atom is -0.434 e. The highest BCUT2D eigenvalue weighted by Gasteiger charge is 2.26. The van der Waals surface area contributed by atoms with E-state index in [2.05, 4.69) is 4.74 Å². The second-order valence-electron chi connectivity index (χ2n) is 4.97. The standard InChI is InChI=1S/C15H13F2NO5/c1-3-21-15(20)23-11-5-18-7(2)22-6-9-12(17)10(16)4-8(13(9)18)14(11)19/h4-5,7H,3,6H2,1-2H3. The summed E-state index contributed by atoms with van der Waals surface area (Å²) in [7, 11) is 0. The van der Waals surface area contributed by atoms with Gasteiger partial charge >= 0.3 is 6.16 Å². The van der Waals surface area contributed by atoms with Gasteiger partial charge in [-0.05, 0) is 19.9 Å². The van der Waals surface area contributed by atoms with Crippen molar-refractivity contribution in [3.63, 3.8) is 0 Å². The molecule has 0 amide bonds. The summed E-state index contributed by atoms with van der Waals surface area (Å²) in [5.74, 6) is -2.57. The summed E-state index contributed by atoms with van der Waals surface area (Å²) >= 11 is 0. The van der Waals surface area contributed by atoms with Crippen LogP contribution in [0.4, 0.5) is 13.6 Å². The summed E-state index contributed by atoms with van der Waals surface area (Å²) in [4.78, 5) is 23.8. The van der Waals surface area contributed by atoms with E-state index >= 15 is 0 Å². The Balaban J connectivity index is 2.27. The molecule has 0 saturated carbocycles. The van der Waals surface area contributed by atoms with Crippen LogP contribution in [0.25, 0.3) is 10.9 Å². The van der Waals surface area contributed by atoms with Gasteiger partial charge in [0, 0.05) is 5.56 Å². The first-order valence-corrected chi connectivity index (χ1v) is 6.96. The lowest BCUT2D eigenvalue weighted by molar-refractivity contribution is -0.00403. The number of hydrogen-bond acceptors (Lipinski definition) is 5. The molecule has 3 rings (SSSR count). The number of aromatic nitrogens is 1. The van der Waals surface area contributed by atoms with Gasteiger partial charge in [-0.2, -0.15) is 0 Å². The summed E-state index contributed by atoms with van der Waals surface area (Å²) in [5.41, 5.74) is -0.541. The average molecular weight is 325 g/mol. The van der Waals surface area contributed by atoms with Crippen LogP contribution >= 0.6 is 0 Å². The second kappa shape index (κ2) is 5.62. The van der Waals surface area contributed by atoms with Crippen LogP contribution in [0, 0.1) is 11.6 Å². The highest BCUT2D eigenvalue weighted by Crippen LogP contribution is 2.32. The smallest absolute Gasteiger partial charge is 0.434 e. The van der Waals surface area contributed by atoms with Gasteiger partial charge in [0.05, 0.1) is 30.3 Å². The Kier molecular flexibility index (Phi) is 3.77. The monoisotopic (exact) mass is 325 g/mol. The Morgan fingerprint density at radius 2 is 2.22 bits per heavy atom. The maximum atomic E-state index is 13.9. The average Bonchev–Trinajstić information content (AvgIpc) is 2.50. The normalized spacial score (nSPS) is 16.4. The van der Waals surface area contributed by atoms with Gasteiger partial charge in [0.1, 0.15) is 6.23 Å². The van der Waals surface area contributed by atoms with Gasteiger partial charge in [-0.25, -0.2) is 13.6 Å². The number of hydrogen-bond donors (Lipinski definition) is 0. The van der Waals surface area contributed by atoms with E-state index in [1.54, 1.807) is 13.8 Å². The van der Waals surface area contributed by atoms with Gasteiger partial charge in [0.25, 0.3) is 0 Å². The molecular formula is C15H13F2NO5. The first kappa shape index (κ1) is 15.4. The van der Waals surface area contributed by atoms with E-state index < -0.39 is 29.4 Å². The predicted octanol–water partition coefficient (Wildman–Crippen LogP) is 2.86. The van der Waals surface area contributed by atoms with Crippen LogP contribution in [0.5, 0.6) is 5.75 Å². The third kappa shape index (κ3) is 2.44. The van der Waals surface area contributed by atoms with Crippen molar-refractivity contribution in [2.75, 3.05) is 6.61 Å². The zero-order chi connectivity index (χ0) is 16.7. The van der Waals surface area contributed by atoms with Crippen molar-refractivity contribution in [2.24, 2.45) is 0 Å². The molecule has 0 bridgehead atoms. The van der Waals surface area contributed by atoms with Gasteiger partial charge in [-0.3, -0.25) is 4.79 Å². The van der Waals surface area contributed by atoms with Crippen molar-refractivity contribution in [1.82, 2.24) is 4.57 Å². The minimum atomic E-state index is -1.16. The van der Waals surface area contributed by atoms with Crippen molar-refractivity contribution in [1.29, 1.82) is 0 Å². The highest BCUT2D eigenvalue weighted by atomic mass is 19.2. The first-order valence-electron chi connectivity index (χ1n) is 6.96. The molecule has 1 atom stereocenters. The van der Waals surface area contributed by atoms with Crippen molar-refractivity contribution in [3.8, 4) is 5.75 Å². The Bertz CT molecular complexity index is 861. The Morgan fingerprint density at radius 1 is 1.48 bits per heavy atom. The van der Waals surface area contributed by atoms with E-state index in [4.69, 9.17) is 9.47 Å². The molecule has 0 radical (unpaired) electrons. The second-order valence-corrected chi connectivity index (χ2v) is 4.97. The fraction of sp³-hybridized carbons (Fsp3) is 0.333. The predicted molar refractivity (Wildman–Crippen MR) is 75.3 cm³/mol. The number of pyridine rings is 1. The lowest BCUT2D eigenvalue weighted by atomic mass is 10.1. The molecular weight excluding hydrogens is 312 g/mol. The van der Waals surface area contributed by atoms with E-state index in [9.17, 15) is 18.4 Å². The van der Waals surface area contributed by atoms with Crippen molar-refractivity contribution in [3.05, 3.63) is 39.7 Å². The molecule has 0 aliphatic carbocycles. The molecule has 122 valence electrons. The minimum absolute atomic E-state index is 0.0436. The molecule has 1 aliphatic heterocycles. The fourth-order valence-electron chi connectivity index (χ4n) is 2.53. The van der Waals surface area contributed by atoms with Gasteiger partial charge in [0.2, 0.25) is 5.43 Å². The molecule has 1 aromatic carbocycles. The van der Waals surface area contributed by atoms with Gasteiger partial charge in [-0.1, -0.05) is 0 Å². The van der Waals surface area contributed by atoms with Crippen LogP contribution in [0.15, 0.2) is 17.1 Å². The van der Waals surface area contributed by atoms with Crippen LogP contribution in [-0.2, 0) is 16.1 Å². The number of ether oxygens (including phenoxy) is 3. The first-order chi connectivity index (χ1) is 10.9. The van der Waals surface area contributed by atoms with Gasteiger partial charge < -0.3 is 18.8 Å². The van der Waals surface area contributed by atoms with E-state index in [0.29, 0.717) is 0 Å². The molecule has 2 heterocycles. The number of benzene rings is 1. The third-order valence-corrected chi connectivity index (χ3v) is 3.59. The van der Waals surface area contributed by atoms with E-state index in [1.807, 2.05) is 0 Å². The van der Waals surface area contributed by atoms with Crippen LogP contribution < -0.4 is 10.2 Å². The number of carbonyl (C=O) groups is 1. The van der Waals surface area contributed by atoms with E-state index in [1.165, 1.54) is 10.8 Å². The molecule has 0 N–H and O–H groups in total. The SMILES string of the molecule is CCOC(=O)Oc1cn2c3c(c(F)c(F)cc3c1=O)COC2C. The molecule has 0 saturated heterocycles. The highest BCUT2D eigenvalue weighted by molar-refractivity contribution is 5.84. The third-order valence-electron chi connectivity index (χ3n) is 3.59. The fourth-order valence-corrected chi connectivity index (χ4v) is 2.53. The molecule has 0 fully saturated rings. The number of nitrogens with zero attached hydrogens (tertiary/aromatic N) is 1. The van der Waals surface area contributed by atoms with Crippen LogP contribution in [-0.4, -0.2) is 17.3 Å². The zero-order valence-electron chi connectivity index (χ0n) is 12.4. The summed E-state index contributed by atoms with van der Waals surface area (Å²) in [6, 6.07) is 0.795. The molecule has 8 heteroatoms. The lowest BCUT2D eigenvalue weighted by Crippen LogP contribution is -2.24. The van der Waals surface area contributed by atoms with E-state index in [0.717, 1.165) is 6.07 Å². The molecule has 6 nitrogen and oxygen atoms in total. The molecule has 2 aromatic rings. The Labute approximate surface area is 129 Å². The van der Waals surface area contributed by atoms with E-state index in [-0.39, 0.29) is 35.4 Å². The van der Waals surface area contributed by atoms with Gasteiger partial charge in [-0.15, -0.1) is 0 Å². The Morgan fingerprint density at radius 3 is 2.91 bits per heavy atom. The molecule has 1 aromatic heterocycles. The van der Waals surface area contributed by atoms with Crippen molar-refractivity contribution in [2.45, 2.75) is 26.7 Å². The molecule has 0 spiro atoms. The maximum absolute atomic E-state index is 13.9.